The number of carbonyl (C=O) groups is 1. The summed E-state index contributed by atoms with van der Waals surface area (Å²) < 4.78 is 16.4. The summed E-state index contributed by atoms with van der Waals surface area (Å²) in [5, 5.41) is 3.38. The minimum Gasteiger partial charge on any atom is -0.486 e. The first kappa shape index (κ1) is 20.7. The van der Waals surface area contributed by atoms with Gasteiger partial charge in [0.05, 0.1) is 18.2 Å². The third-order valence-electron chi connectivity index (χ3n) is 5.05. The van der Waals surface area contributed by atoms with Gasteiger partial charge in [-0.15, -0.1) is 0 Å². The van der Waals surface area contributed by atoms with Crippen molar-refractivity contribution in [3.8, 4) is 11.5 Å². The van der Waals surface area contributed by atoms with Gasteiger partial charge < -0.3 is 19.5 Å². The van der Waals surface area contributed by atoms with E-state index in [1.165, 1.54) is 11.6 Å². The molecule has 0 unspecified atom stereocenters. The number of rotatable bonds is 6. The van der Waals surface area contributed by atoms with Crippen molar-refractivity contribution < 1.29 is 19.0 Å². The Morgan fingerprint density at radius 2 is 1.77 bits per heavy atom. The maximum absolute atomic E-state index is 12.2. The number of benzene rings is 2. The molecule has 2 aromatic carbocycles. The molecule has 0 aromatic heterocycles. The zero-order chi connectivity index (χ0) is 20.8. The zero-order valence-corrected chi connectivity index (χ0v) is 17.5. The second kappa shape index (κ2) is 9.98. The quantitative estimate of drug-likeness (QED) is 0.715. The molecule has 2 aliphatic heterocycles. The Kier molecular flexibility index (Phi) is 6.89. The monoisotopic (exact) mass is 428 g/mol. The fraction of sp³-hybridized carbons (Fsp3) is 0.348. The molecule has 0 bridgehead atoms. The van der Waals surface area contributed by atoms with Gasteiger partial charge in [-0.25, -0.2) is 0 Å². The molecule has 0 saturated carbocycles. The number of halogens is 1. The van der Waals surface area contributed by atoms with E-state index in [4.69, 9.17) is 25.8 Å². The van der Waals surface area contributed by atoms with Gasteiger partial charge in [-0.2, -0.15) is 0 Å². The van der Waals surface area contributed by atoms with E-state index in [2.05, 4.69) is 34.5 Å². The van der Waals surface area contributed by atoms with Crippen LogP contribution in [-0.4, -0.2) is 50.3 Å². The molecule has 30 heavy (non-hydrogen) atoms. The van der Waals surface area contributed by atoms with E-state index in [1.54, 1.807) is 12.1 Å². The van der Waals surface area contributed by atoms with Gasteiger partial charge >= 0.3 is 0 Å². The van der Waals surface area contributed by atoms with Crippen LogP contribution in [0.25, 0.3) is 6.08 Å². The second-order valence-corrected chi connectivity index (χ2v) is 7.69. The van der Waals surface area contributed by atoms with Gasteiger partial charge in [0.15, 0.2) is 11.5 Å². The van der Waals surface area contributed by atoms with Gasteiger partial charge in [0, 0.05) is 32.3 Å². The minimum absolute atomic E-state index is 0.168. The molecule has 2 heterocycles. The Hall–Kier alpha value is -2.54. The number of ether oxygens (including phenoxy) is 3. The SMILES string of the molecule is O=C(C=Cc1cc(Cl)c2c(c1)OCCO2)NCc1ccc(CN2CCOCC2)cc1. The summed E-state index contributed by atoms with van der Waals surface area (Å²) >= 11 is 6.23. The fourth-order valence-corrected chi connectivity index (χ4v) is 3.70. The number of fused-ring (bicyclic) bond motifs is 1. The summed E-state index contributed by atoms with van der Waals surface area (Å²) in [5.74, 6) is 0.992. The number of morpholine rings is 1. The first-order valence-corrected chi connectivity index (χ1v) is 10.5. The average molecular weight is 429 g/mol. The molecule has 1 saturated heterocycles. The Balaban J connectivity index is 1.28. The molecule has 158 valence electrons. The highest BCUT2D eigenvalue weighted by Crippen LogP contribution is 2.38. The molecule has 0 spiro atoms. The van der Waals surface area contributed by atoms with E-state index in [0.717, 1.165) is 44.0 Å². The van der Waals surface area contributed by atoms with Gasteiger partial charge in [0.25, 0.3) is 0 Å². The predicted molar refractivity (Wildman–Crippen MR) is 116 cm³/mol. The van der Waals surface area contributed by atoms with Crippen molar-refractivity contribution in [2.75, 3.05) is 39.5 Å². The predicted octanol–water partition coefficient (Wildman–Crippen LogP) is 3.27. The third kappa shape index (κ3) is 5.53. The number of nitrogens with zero attached hydrogens (tertiary/aromatic N) is 1. The maximum Gasteiger partial charge on any atom is 0.244 e. The molecular weight excluding hydrogens is 404 g/mol. The fourth-order valence-electron chi connectivity index (χ4n) is 3.43. The second-order valence-electron chi connectivity index (χ2n) is 7.28. The lowest BCUT2D eigenvalue weighted by Gasteiger charge is -2.26. The topological polar surface area (TPSA) is 60.0 Å². The molecule has 6 nitrogen and oxygen atoms in total. The Morgan fingerprint density at radius 3 is 2.57 bits per heavy atom. The molecular formula is C23H25ClN2O4. The van der Waals surface area contributed by atoms with Crippen LogP contribution in [0, 0.1) is 0 Å². The van der Waals surface area contributed by atoms with Crippen LogP contribution in [0.2, 0.25) is 5.02 Å². The van der Waals surface area contributed by atoms with Gasteiger partial charge in [-0.1, -0.05) is 35.9 Å². The number of carbonyl (C=O) groups excluding carboxylic acids is 1. The van der Waals surface area contributed by atoms with Gasteiger partial charge in [-0.05, 0) is 34.9 Å². The summed E-state index contributed by atoms with van der Waals surface area (Å²) in [5.41, 5.74) is 3.11. The largest absolute Gasteiger partial charge is 0.486 e. The summed E-state index contributed by atoms with van der Waals surface area (Å²) in [6, 6.07) is 11.9. The normalized spacial score (nSPS) is 16.6. The van der Waals surface area contributed by atoms with Crippen molar-refractivity contribution in [2.45, 2.75) is 13.1 Å². The smallest absolute Gasteiger partial charge is 0.244 e. The summed E-state index contributed by atoms with van der Waals surface area (Å²) in [7, 11) is 0. The lowest BCUT2D eigenvalue weighted by atomic mass is 10.1. The highest BCUT2D eigenvalue weighted by Gasteiger charge is 2.16. The third-order valence-corrected chi connectivity index (χ3v) is 5.33. The first-order valence-electron chi connectivity index (χ1n) is 10.1. The van der Waals surface area contributed by atoms with Gasteiger partial charge in [0.2, 0.25) is 5.91 Å². The van der Waals surface area contributed by atoms with Crippen molar-refractivity contribution in [1.82, 2.24) is 10.2 Å². The zero-order valence-electron chi connectivity index (χ0n) is 16.7. The summed E-state index contributed by atoms with van der Waals surface area (Å²) in [4.78, 5) is 14.6. The Labute approximate surface area is 181 Å². The molecule has 7 heteroatoms. The first-order chi connectivity index (χ1) is 14.7. The number of hydrogen-bond acceptors (Lipinski definition) is 5. The van der Waals surface area contributed by atoms with Crippen LogP contribution >= 0.6 is 11.6 Å². The molecule has 0 atom stereocenters. The van der Waals surface area contributed by atoms with E-state index in [1.807, 2.05) is 6.07 Å². The number of hydrogen-bond donors (Lipinski definition) is 1. The molecule has 0 radical (unpaired) electrons. The van der Waals surface area contributed by atoms with Crippen LogP contribution in [0.5, 0.6) is 11.5 Å². The molecule has 1 N–H and O–H groups in total. The minimum atomic E-state index is -0.168. The van der Waals surface area contributed by atoms with Crippen molar-refractivity contribution in [1.29, 1.82) is 0 Å². The molecule has 1 fully saturated rings. The van der Waals surface area contributed by atoms with E-state index < -0.39 is 0 Å². The van der Waals surface area contributed by atoms with Crippen molar-refractivity contribution >= 4 is 23.6 Å². The van der Waals surface area contributed by atoms with Crippen LogP contribution in [0.4, 0.5) is 0 Å². The highest BCUT2D eigenvalue weighted by atomic mass is 35.5. The molecule has 0 aliphatic carbocycles. The van der Waals surface area contributed by atoms with E-state index in [0.29, 0.717) is 36.3 Å². The lowest BCUT2D eigenvalue weighted by molar-refractivity contribution is -0.116. The summed E-state index contributed by atoms with van der Waals surface area (Å²) in [6.45, 7) is 5.92. The van der Waals surface area contributed by atoms with Crippen molar-refractivity contribution in [3.63, 3.8) is 0 Å². The van der Waals surface area contributed by atoms with E-state index in [-0.39, 0.29) is 5.91 Å². The van der Waals surface area contributed by atoms with Crippen molar-refractivity contribution in [2.24, 2.45) is 0 Å². The van der Waals surface area contributed by atoms with Crippen LogP contribution in [0.15, 0.2) is 42.5 Å². The van der Waals surface area contributed by atoms with E-state index in [9.17, 15) is 4.79 Å². The van der Waals surface area contributed by atoms with Gasteiger partial charge in [0.1, 0.15) is 13.2 Å². The lowest BCUT2D eigenvalue weighted by Crippen LogP contribution is -2.35. The highest BCUT2D eigenvalue weighted by molar-refractivity contribution is 6.32. The molecule has 1 amide bonds. The molecule has 2 aromatic rings. The van der Waals surface area contributed by atoms with Crippen molar-refractivity contribution in [3.05, 3.63) is 64.2 Å². The standard InChI is InChI=1S/C23H25ClN2O4/c24-20-13-19(14-21-23(20)30-12-11-29-21)5-6-22(27)25-15-17-1-3-18(4-2-17)16-26-7-9-28-10-8-26/h1-6,13-14H,7-12,15-16H2,(H,25,27). The number of nitrogens with one attached hydrogen (secondary N) is 1. The average Bonchev–Trinajstić information content (AvgIpc) is 2.78. The van der Waals surface area contributed by atoms with Crippen LogP contribution in [0.1, 0.15) is 16.7 Å². The maximum atomic E-state index is 12.2. The Morgan fingerprint density at radius 1 is 1.03 bits per heavy atom. The number of amides is 1. The molecule has 4 rings (SSSR count). The molecule has 2 aliphatic rings. The van der Waals surface area contributed by atoms with Crippen LogP contribution in [0.3, 0.4) is 0 Å². The van der Waals surface area contributed by atoms with Gasteiger partial charge in [-0.3, -0.25) is 9.69 Å². The Bertz CT molecular complexity index is 908. The van der Waals surface area contributed by atoms with E-state index >= 15 is 0 Å². The summed E-state index contributed by atoms with van der Waals surface area (Å²) in [6.07, 6.45) is 3.21. The van der Waals surface area contributed by atoms with Crippen LogP contribution < -0.4 is 14.8 Å². The van der Waals surface area contributed by atoms with Crippen LogP contribution in [-0.2, 0) is 22.6 Å².